The standard InChI is InChI=1S/C15H31N3O/c1-12(16-11-15(2,3)18(4)5)14(19)17-13-9-7-6-8-10-13/h12-13,16H,6-11H2,1-5H3,(H,17,19). The molecule has 1 amide bonds. The van der Waals surface area contributed by atoms with Gasteiger partial charge in [0, 0.05) is 18.1 Å². The molecule has 0 heterocycles. The molecule has 0 aliphatic heterocycles. The fourth-order valence-electron chi connectivity index (χ4n) is 2.23. The lowest BCUT2D eigenvalue weighted by Crippen LogP contribution is -2.53. The van der Waals surface area contributed by atoms with E-state index >= 15 is 0 Å². The van der Waals surface area contributed by atoms with E-state index in [9.17, 15) is 4.79 Å². The Balaban J connectivity index is 2.32. The highest BCUT2D eigenvalue weighted by atomic mass is 16.2. The van der Waals surface area contributed by atoms with Gasteiger partial charge in [0.05, 0.1) is 6.04 Å². The Bertz CT molecular complexity index is 283. The highest BCUT2D eigenvalue weighted by molar-refractivity contribution is 5.81. The molecular weight excluding hydrogens is 238 g/mol. The summed E-state index contributed by atoms with van der Waals surface area (Å²) < 4.78 is 0. The Morgan fingerprint density at radius 1 is 1.26 bits per heavy atom. The van der Waals surface area contributed by atoms with Crippen molar-refractivity contribution in [3.63, 3.8) is 0 Å². The molecule has 4 heteroatoms. The third kappa shape index (κ3) is 5.49. The highest BCUT2D eigenvalue weighted by Gasteiger charge is 2.24. The molecule has 1 aliphatic carbocycles. The second-order valence-electron chi connectivity index (χ2n) is 6.65. The molecule has 1 atom stereocenters. The van der Waals surface area contributed by atoms with Gasteiger partial charge in [-0.1, -0.05) is 19.3 Å². The lowest BCUT2D eigenvalue weighted by molar-refractivity contribution is -0.123. The van der Waals surface area contributed by atoms with Gasteiger partial charge < -0.3 is 15.5 Å². The van der Waals surface area contributed by atoms with Crippen LogP contribution in [0.15, 0.2) is 0 Å². The van der Waals surface area contributed by atoms with Crippen LogP contribution in [0.4, 0.5) is 0 Å². The number of amides is 1. The van der Waals surface area contributed by atoms with Crippen LogP contribution in [0.2, 0.25) is 0 Å². The van der Waals surface area contributed by atoms with E-state index in [1.165, 1.54) is 19.3 Å². The molecule has 1 unspecified atom stereocenters. The van der Waals surface area contributed by atoms with Crippen LogP contribution in [0, 0.1) is 0 Å². The van der Waals surface area contributed by atoms with Gasteiger partial charge in [-0.15, -0.1) is 0 Å². The summed E-state index contributed by atoms with van der Waals surface area (Å²) in [7, 11) is 4.13. The Labute approximate surface area is 118 Å². The minimum absolute atomic E-state index is 0.0549. The van der Waals surface area contributed by atoms with Crippen molar-refractivity contribution in [3.8, 4) is 0 Å². The molecule has 0 aromatic heterocycles. The average Bonchev–Trinajstić information content (AvgIpc) is 2.37. The smallest absolute Gasteiger partial charge is 0.237 e. The second-order valence-corrected chi connectivity index (χ2v) is 6.65. The Morgan fingerprint density at radius 2 is 1.84 bits per heavy atom. The first-order valence-electron chi connectivity index (χ1n) is 7.54. The summed E-state index contributed by atoms with van der Waals surface area (Å²) in [6.45, 7) is 7.10. The molecule has 0 aromatic rings. The lowest BCUT2D eigenvalue weighted by Gasteiger charge is -2.34. The second kappa shape index (κ2) is 7.25. The van der Waals surface area contributed by atoms with Crippen molar-refractivity contribution in [2.24, 2.45) is 0 Å². The fraction of sp³-hybridized carbons (Fsp3) is 0.933. The SMILES string of the molecule is CC(NCC(C)(C)N(C)C)C(=O)NC1CCCCC1. The number of nitrogens with zero attached hydrogens (tertiary/aromatic N) is 1. The molecule has 1 rings (SSSR count). The topological polar surface area (TPSA) is 44.4 Å². The maximum atomic E-state index is 12.1. The highest BCUT2D eigenvalue weighted by Crippen LogP contribution is 2.17. The molecule has 1 fully saturated rings. The summed E-state index contributed by atoms with van der Waals surface area (Å²) >= 11 is 0. The predicted molar refractivity (Wildman–Crippen MR) is 80.2 cm³/mol. The summed E-state index contributed by atoms with van der Waals surface area (Å²) in [5.74, 6) is 0.140. The van der Waals surface area contributed by atoms with Crippen molar-refractivity contribution in [1.82, 2.24) is 15.5 Å². The van der Waals surface area contributed by atoms with E-state index in [4.69, 9.17) is 0 Å². The van der Waals surface area contributed by atoms with Crippen molar-refractivity contribution < 1.29 is 4.79 Å². The van der Waals surface area contributed by atoms with Gasteiger partial charge in [-0.25, -0.2) is 0 Å². The molecule has 0 aromatic carbocycles. The summed E-state index contributed by atoms with van der Waals surface area (Å²) in [6.07, 6.45) is 6.10. The van der Waals surface area contributed by atoms with Crippen molar-refractivity contribution in [1.29, 1.82) is 0 Å². The van der Waals surface area contributed by atoms with E-state index in [0.29, 0.717) is 6.04 Å². The molecule has 0 radical (unpaired) electrons. The van der Waals surface area contributed by atoms with Gasteiger partial charge in [0.2, 0.25) is 5.91 Å². The van der Waals surface area contributed by atoms with Crippen LogP contribution in [0.1, 0.15) is 52.9 Å². The number of likely N-dealkylation sites (N-methyl/N-ethyl adjacent to an activating group) is 1. The number of nitrogens with one attached hydrogen (secondary N) is 2. The van der Waals surface area contributed by atoms with E-state index in [0.717, 1.165) is 19.4 Å². The van der Waals surface area contributed by atoms with E-state index < -0.39 is 0 Å². The molecule has 0 saturated heterocycles. The third-order valence-corrected chi connectivity index (χ3v) is 4.40. The Morgan fingerprint density at radius 3 is 2.37 bits per heavy atom. The quantitative estimate of drug-likeness (QED) is 0.772. The summed E-state index contributed by atoms with van der Waals surface area (Å²) in [5, 5.41) is 6.51. The van der Waals surface area contributed by atoms with Gasteiger partial charge in [-0.05, 0) is 47.7 Å². The molecule has 1 saturated carbocycles. The monoisotopic (exact) mass is 269 g/mol. The zero-order chi connectivity index (χ0) is 14.5. The molecule has 1 aliphatic rings. The third-order valence-electron chi connectivity index (χ3n) is 4.40. The van der Waals surface area contributed by atoms with Crippen LogP contribution in [-0.2, 0) is 4.79 Å². The number of carbonyl (C=O) groups excluding carboxylic acids is 1. The number of carbonyl (C=O) groups is 1. The van der Waals surface area contributed by atoms with Gasteiger partial charge in [0.25, 0.3) is 0 Å². The lowest BCUT2D eigenvalue weighted by atomic mass is 9.95. The number of hydrogen-bond donors (Lipinski definition) is 2. The van der Waals surface area contributed by atoms with E-state index in [1.54, 1.807) is 0 Å². The van der Waals surface area contributed by atoms with Gasteiger partial charge >= 0.3 is 0 Å². The van der Waals surface area contributed by atoms with Crippen molar-refractivity contribution in [2.75, 3.05) is 20.6 Å². The largest absolute Gasteiger partial charge is 0.352 e. The van der Waals surface area contributed by atoms with Crippen molar-refractivity contribution >= 4 is 5.91 Å². The minimum atomic E-state index is -0.124. The first-order chi connectivity index (χ1) is 8.83. The van der Waals surface area contributed by atoms with Gasteiger partial charge in [0.15, 0.2) is 0 Å². The summed E-state index contributed by atoms with van der Waals surface area (Å²) in [6, 6.07) is 0.272. The van der Waals surface area contributed by atoms with Crippen LogP contribution in [0.5, 0.6) is 0 Å². The summed E-state index contributed by atoms with van der Waals surface area (Å²) in [4.78, 5) is 14.3. The van der Waals surface area contributed by atoms with Crippen LogP contribution in [0.25, 0.3) is 0 Å². The Kier molecular flexibility index (Phi) is 6.27. The van der Waals surface area contributed by atoms with E-state index in [1.807, 2.05) is 6.92 Å². The number of rotatable bonds is 6. The zero-order valence-electron chi connectivity index (χ0n) is 13.3. The zero-order valence-corrected chi connectivity index (χ0v) is 13.3. The van der Waals surface area contributed by atoms with Gasteiger partial charge in [-0.2, -0.15) is 0 Å². The van der Waals surface area contributed by atoms with Crippen LogP contribution < -0.4 is 10.6 Å². The van der Waals surface area contributed by atoms with E-state index in [-0.39, 0.29) is 17.5 Å². The number of hydrogen-bond acceptors (Lipinski definition) is 3. The maximum Gasteiger partial charge on any atom is 0.237 e. The van der Waals surface area contributed by atoms with Gasteiger partial charge in [0.1, 0.15) is 0 Å². The predicted octanol–water partition coefficient (Wildman–Crippen LogP) is 1.75. The van der Waals surface area contributed by atoms with Crippen LogP contribution >= 0.6 is 0 Å². The maximum absolute atomic E-state index is 12.1. The molecule has 0 bridgehead atoms. The first-order valence-corrected chi connectivity index (χ1v) is 7.54. The van der Waals surface area contributed by atoms with Gasteiger partial charge in [-0.3, -0.25) is 4.79 Å². The summed E-state index contributed by atoms with van der Waals surface area (Å²) in [5.41, 5.74) is 0.0549. The Hall–Kier alpha value is -0.610. The van der Waals surface area contributed by atoms with Crippen LogP contribution in [-0.4, -0.2) is 49.1 Å². The molecular formula is C15H31N3O. The molecule has 4 nitrogen and oxygen atoms in total. The molecule has 2 N–H and O–H groups in total. The van der Waals surface area contributed by atoms with E-state index in [2.05, 4.69) is 43.5 Å². The fourth-order valence-corrected chi connectivity index (χ4v) is 2.23. The molecule has 112 valence electrons. The molecule has 19 heavy (non-hydrogen) atoms. The molecule has 0 spiro atoms. The average molecular weight is 269 g/mol. The van der Waals surface area contributed by atoms with Crippen molar-refractivity contribution in [3.05, 3.63) is 0 Å². The minimum Gasteiger partial charge on any atom is -0.352 e. The van der Waals surface area contributed by atoms with Crippen molar-refractivity contribution in [2.45, 2.75) is 70.5 Å². The first kappa shape index (κ1) is 16.4. The van der Waals surface area contributed by atoms with Crippen LogP contribution in [0.3, 0.4) is 0 Å². The normalized spacial score (nSPS) is 19.5.